The molecule has 0 saturated heterocycles. The zero-order chi connectivity index (χ0) is 25.2. The number of hydrogen-bond donors (Lipinski definition) is 0. The van der Waals surface area contributed by atoms with Gasteiger partial charge in [-0.3, -0.25) is 8.99 Å². The molecule has 0 aliphatic carbocycles. The van der Waals surface area contributed by atoms with Crippen LogP contribution in [-0.4, -0.2) is 18.2 Å². The number of fused-ring (bicyclic) bond motifs is 3. The normalized spacial score (nSPS) is 16.4. The SMILES string of the molecule is CC[C@@H]1c2cnn(C(C)(C)C)c2-c2cc(F)c(F)cc2N1S(=O)(=O)c1ccc(C(F)(F)F)cc1. The molecule has 2 aromatic carbocycles. The van der Waals surface area contributed by atoms with Crippen LogP contribution in [0.4, 0.5) is 27.6 Å². The largest absolute Gasteiger partial charge is 0.416 e. The van der Waals surface area contributed by atoms with Crippen molar-refractivity contribution in [2.45, 2.75) is 56.8 Å². The van der Waals surface area contributed by atoms with Gasteiger partial charge in [-0.2, -0.15) is 18.3 Å². The summed E-state index contributed by atoms with van der Waals surface area (Å²) < 4.78 is 97.6. The molecular formula is C23H22F5N3O2S. The Balaban J connectivity index is 1.97. The third-order valence-electron chi connectivity index (χ3n) is 5.73. The summed E-state index contributed by atoms with van der Waals surface area (Å²) in [4.78, 5) is -0.402. The van der Waals surface area contributed by atoms with Gasteiger partial charge >= 0.3 is 6.18 Å². The highest BCUT2D eigenvalue weighted by molar-refractivity contribution is 7.92. The highest BCUT2D eigenvalue weighted by Crippen LogP contribution is 2.50. The zero-order valence-electron chi connectivity index (χ0n) is 18.8. The molecule has 0 radical (unpaired) electrons. The number of benzene rings is 2. The second kappa shape index (κ2) is 7.79. The summed E-state index contributed by atoms with van der Waals surface area (Å²) in [6, 6.07) is 3.96. The number of hydrogen-bond acceptors (Lipinski definition) is 3. The van der Waals surface area contributed by atoms with Crippen LogP contribution in [0.25, 0.3) is 11.3 Å². The minimum atomic E-state index is -4.64. The van der Waals surface area contributed by atoms with Crippen molar-refractivity contribution >= 4 is 15.7 Å². The minimum Gasteiger partial charge on any atom is -0.259 e. The van der Waals surface area contributed by atoms with Crippen LogP contribution >= 0.6 is 0 Å². The maximum Gasteiger partial charge on any atom is 0.416 e. The molecule has 0 spiro atoms. The summed E-state index contributed by atoms with van der Waals surface area (Å²) in [6.07, 6.45) is -2.89. The summed E-state index contributed by atoms with van der Waals surface area (Å²) in [5, 5.41) is 4.40. The molecule has 0 fully saturated rings. The first-order chi connectivity index (χ1) is 15.7. The molecule has 5 nitrogen and oxygen atoms in total. The van der Waals surface area contributed by atoms with E-state index >= 15 is 0 Å². The Kier molecular flexibility index (Phi) is 5.54. The van der Waals surface area contributed by atoms with Crippen LogP contribution in [-0.2, 0) is 21.7 Å². The maximum atomic E-state index is 14.4. The van der Waals surface area contributed by atoms with Crippen LogP contribution < -0.4 is 4.31 Å². The molecule has 34 heavy (non-hydrogen) atoms. The summed E-state index contributed by atoms with van der Waals surface area (Å²) >= 11 is 0. The van der Waals surface area contributed by atoms with Crippen molar-refractivity contribution in [3.05, 3.63) is 65.4 Å². The summed E-state index contributed by atoms with van der Waals surface area (Å²) in [5.74, 6) is -2.40. The summed E-state index contributed by atoms with van der Waals surface area (Å²) in [7, 11) is -4.46. The standard InChI is InChI=1S/C23H22F5N3O2S/c1-5-19-16-12-29-31(22(2,3)4)21(16)15-10-17(24)18(25)11-20(15)30(19)34(32,33)14-8-6-13(7-9-14)23(26,27)28/h6-12,19H,5H2,1-4H3/t19-/m1/s1. The van der Waals surface area contributed by atoms with Crippen molar-refractivity contribution < 1.29 is 30.4 Å². The maximum absolute atomic E-state index is 14.4. The van der Waals surface area contributed by atoms with E-state index in [1.54, 1.807) is 11.6 Å². The number of aromatic nitrogens is 2. The lowest BCUT2D eigenvalue weighted by Gasteiger charge is -2.38. The van der Waals surface area contributed by atoms with E-state index in [-0.39, 0.29) is 17.7 Å². The molecular weight excluding hydrogens is 477 g/mol. The third-order valence-corrected chi connectivity index (χ3v) is 7.57. The number of alkyl halides is 3. The van der Waals surface area contributed by atoms with Crippen LogP contribution in [0.5, 0.6) is 0 Å². The van der Waals surface area contributed by atoms with Crippen LogP contribution in [0, 0.1) is 11.6 Å². The lowest BCUT2D eigenvalue weighted by Crippen LogP contribution is -2.38. The van der Waals surface area contributed by atoms with E-state index in [1.165, 1.54) is 6.20 Å². The molecule has 1 aliphatic rings. The molecule has 1 atom stereocenters. The van der Waals surface area contributed by atoms with Gasteiger partial charge in [0.2, 0.25) is 0 Å². The van der Waals surface area contributed by atoms with Crippen molar-refractivity contribution in [3.63, 3.8) is 0 Å². The van der Waals surface area contributed by atoms with Crippen LogP contribution in [0.2, 0.25) is 0 Å². The van der Waals surface area contributed by atoms with Crippen molar-refractivity contribution in [2.75, 3.05) is 4.31 Å². The number of rotatable bonds is 3. The van der Waals surface area contributed by atoms with E-state index in [4.69, 9.17) is 0 Å². The molecule has 1 aliphatic heterocycles. The predicted molar refractivity (Wildman–Crippen MR) is 117 cm³/mol. The monoisotopic (exact) mass is 499 g/mol. The molecule has 11 heteroatoms. The van der Waals surface area contributed by atoms with Gasteiger partial charge in [-0.15, -0.1) is 0 Å². The Hall–Kier alpha value is -2.95. The van der Waals surface area contributed by atoms with E-state index in [9.17, 15) is 30.4 Å². The molecule has 3 aromatic rings. The first kappa shape index (κ1) is 24.2. The van der Waals surface area contributed by atoms with Gasteiger partial charge in [0, 0.05) is 17.2 Å². The fourth-order valence-electron chi connectivity index (χ4n) is 4.20. The fourth-order valence-corrected chi connectivity index (χ4v) is 5.91. The second-order valence-electron chi connectivity index (χ2n) is 9.06. The van der Waals surface area contributed by atoms with Crippen LogP contribution in [0.3, 0.4) is 0 Å². The highest BCUT2D eigenvalue weighted by atomic mass is 32.2. The average Bonchev–Trinajstić information content (AvgIpc) is 3.19. The number of halogens is 5. The number of sulfonamides is 1. The molecule has 0 saturated carbocycles. The van der Waals surface area contributed by atoms with Gasteiger partial charge in [-0.05, 0) is 57.5 Å². The van der Waals surface area contributed by atoms with E-state index in [1.807, 2.05) is 20.8 Å². The van der Waals surface area contributed by atoms with E-state index in [2.05, 4.69) is 5.10 Å². The summed E-state index contributed by atoms with van der Waals surface area (Å²) in [5.41, 5.74) is -0.578. The highest BCUT2D eigenvalue weighted by Gasteiger charge is 2.42. The Morgan fingerprint density at radius 1 is 1.00 bits per heavy atom. The lowest BCUT2D eigenvalue weighted by atomic mass is 9.93. The molecule has 0 amide bonds. The van der Waals surface area contributed by atoms with Crippen molar-refractivity contribution in [3.8, 4) is 11.3 Å². The number of nitrogens with zero attached hydrogens (tertiary/aromatic N) is 3. The predicted octanol–water partition coefficient (Wildman–Crippen LogP) is 6.26. The molecule has 0 unspecified atom stereocenters. The van der Waals surface area contributed by atoms with Gasteiger partial charge in [-0.1, -0.05) is 6.92 Å². The van der Waals surface area contributed by atoms with Crippen molar-refractivity contribution in [1.29, 1.82) is 0 Å². The Bertz CT molecular complexity index is 1360. The Labute approximate surface area is 193 Å². The zero-order valence-corrected chi connectivity index (χ0v) is 19.6. The lowest BCUT2D eigenvalue weighted by molar-refractivity contribution is -0.137. The molecule has 0 N–H and O–H groups in total. The molecule has 182 valence electrons. The quantitative estimate of drug-likeness (QED) is 0.400. The Morgan fingerprint density at radius 3 is 2.12 bits per heavy atom. The van der Waals surface area contributed by atoms with E-state index in [0.29, 0.717) is 23.4 Å². The first-order valence-corrected chi connectivity index (χ1v) is 11.9. The minimum absolute atomic E-state index is 0.107. The van der Waals surface area contributed by atoms with Gasteiger partial charge < -0.3 is 0 Å². The molecule has 4 rings (SSSR count). The van der Waals surface area contributed by atoms with Crippen LogP contribution in [0.1, 0.15) is 51.3 Å². The van der Waals surface area contributed by atoms with E-state index in [0.717, 1.165) is 28.6 Å². The third kappa shape index (κ3) is 3.75. The van der Waals surface area contributed by atoms with Crippen molar-refractivity contribution in [1.82, 2.24) is 9.78 Å². The topological polar surface area (TPSA) is 55.2 Å². The molecule has 1 aromatic heterocycles. The van der Waals surface area contributed by atoms with Gasteiger partial charge in [0.25, 0.3) is 10.0 Å². The summed E-state index contributed by atoms with van der Waals surface area (Å²) in [6.45, 7) is 7.33. The van der Waals surface area contributed by atoms with Gasteiger partial charge in [0.05, 0.1) is 39.6 Å². The smallest absolute Gasteiger partial charge is 0.259 e. The van der Waals surface area contributed by atoms with Gasteiger partial charge in [0.1, 0.15) is 0 Å². The van der Waals surface area contributed by atoms with Gasteiger partial charge in [0.15, 0.2) is 11.6 Å². The van der Waals surface area contributed by atoms with Gasteiger partial charge in [-0.25, -0.2) is 17.2 Å². The molecule has 2 heterocycles. The fraction of sp³-hybridized carbons (Fsp3) is 0.348. The number of anilines is 1. The molecule has 0 bridgehead atoms. The van der Waals surface area contributed by atoms with E-state index < -0.39 is 49.9 Å². The van der Waals surface area contributed by atoms with Crippen molar-refractivity contribution in [2.24, 2.45) is 0 Å². The Morgan fingerprint density at radius 2 is 1.59 bits per heavy atom. The second-order valence-corrected chi connectivity index (χ2v) is 10.9. The average molecular weight is 500 g/mol. The van der Waals surface area contributed by atoms with Crippen LogP contribution in [0.15, 0.2) is 47.5 Å². The first-order valence-electron chi connectivity index (χ1n) is 10.5.